The number of hydrogen-bond donors (Lipinski definition) is 0. The number of rotatable bonds is 10. The van der Waals surface area contributed by atoms with E-state index in [0.717, 1.165) is 24.1 Å². The van der Waals surface area contributed by atoms with Gasteiger partial charge < -0.3 is 14.2 Å². The first-order valence-electron chi connectivity index (χ1n) is 13.2. The van der Waals surface area contributed by atoms with Crippen molar-refractivity contribution >= 4 is 5.78 Å². The van der Waals surface area contributed by atoms with Crippen molar-refractivity contribution in [2.45, 2.75) is 76.0 Å². The number of nitrogens with zero attached hydrogens (tertiary/aromatic N) is 4. The summed E-state index contributed by atoms with van der Waals surface area (Å²) in [7, 11) is 0. The molecule has 2 aromatic heterocycles. The number of aryl methyl sites for hydroxylation is 1. The number of ether oxygens (including phenoxy) is 1. The number of ketones is 1. The molecule has 3 heterocycles. The molecule has 6 rings (SSSR count). The van der Waals surface area contributed by atoms with Gasteiger partial charge in [-0.05, 0) is 69.7 Å². The number of piperidine rings is 1. The zero-order valence-corrected chi connectivity index (χ0v) is 20.2. The van der Waals surface area contributed by atoms with Gasteiger partial charge in [0.15, 0.2) is 11.5 Å². The Morgan fingerprint density at radius 1 is 1.15 bits per heavy atom. The molecule has 0 aromatic carbocycles. The first kappa shape index (κ1) is 22.2. The maximum absolute atomic E-state index is 12.4. The number of hydrogen-bond acceptors (Lipinski definition) is 7. The zero-order chi connectivity index (χ0) is 23.1. The number of carbonyl (C=O) groups is 1. The van der Waals surface area contributed by atoms with Crippen molar-refractivity contribution in [3.05, 3.63) is 35.7 Å². The lowest BCUT2D eigenvalue weighted by atomic mass is 9.78. The van der Waals surface area contributed by atoms with Crippen LogP contribution in [0, 0.1) is 24.7 Å². The molecule has 0 bridgehead atoms. The fraction of sp³-hybridized carbons (Fsp3) is 0.704. The number of aromatic nitrogens is 3. The zero-order valence-electron chi connectivity index (χ0n) is 20.2. The number of carbonyl (C=O) groups excluding carboxylic acids is 1. The lowest BCUT2D eigenvalue weighted by Crippen LogP contribution is -2.29. The molecule has 0 amide bonds. The van der Waals surface area contributed by atoms with Gasteiger partial charge in [0, 0.05) is 36.9 Å². The maximum atomic E-state index is 12.4. The molecule has 3 saturated carbocycles. The molecular weight excluding hydrogens is 428 g/mol. The van der Waals surface area contributed by atoms with E-state index in [1.54, 1.807) is 12.4 Å². The van der Waals surface area contributed by atoms with Crippen molar-refractivity contribution in [1.82, 2.24) is 20.0 Å². The van der Waals surface area contributed by atoms with Gasteiger partial charge in [-0.15, -0.1) is 0 Å². The number of likely N-dealkylation sites (tertiary alicyclic amines) is 1. The van der Waals surface area contributed by atoms with Gasteiger partial charge in [-0.25, -0.2) is 9.97 Å². The van der Waals surface area contributed by atoms with Crippen LogP contribution in [0.25, 0.3) is 0 Å². The molecule has 1 aliphatic heterocycles. The molecule has 0 spiro atoms. The molecule has 7 heteroatoms. The first-order valence-corrected chi connectivity index (χ1v) is 13.2. The molecular formula is C27H36N4O3. The second kappa shape index (κ2) is 9.06. The van der Waals surface area contributed by atoms with E-state index in [0.29, 0.717) is 35.2 Å². The predicted octanol–water partition coefficient (Wildman–Crippen LogP) is 4.46. The third-order valence-corrected chi connectivity index (χ3v) is 8.73. The van der Waals surface area contributed by atoms with Crippen LogP contribution in [0.5, 0.6) is 5.75 Å². The third kappa shape index (κ3) is 4.77. The Morgan fingerprint density at radius 3 is 2.68 bits per heavy atom. The van der Waals surface area contributed by atoms with Crippen LogP contribution >= 0.6 is 0 Å². The summed E-state index contributed by atoms with van der Waals surface area (Å²) in [6.07, 6.45) is 13.8. The Kier molecular flexibility index (Phi) is 5.92. The van der Waals surface area contributed by atoms with Crippen LogP contribution in [-0.4, -0.2) is 52.0 Å². The van der Waals surface area contributed by atoms with Crippen LogP contribution in [-0.2, 0) is 10.2 Å². The number of Topliss-reactive ketones (excluding diaryl/α,β-unsaturated/α-hetero) is 1. The second-order valence-electron chi connectivity index (χ2n) is 11.4. The average molecular weight is 465 g/mol. The van der Waals surface area contributed by atoms with Gasteiger partial charge in [0.25, 0.3) is 0 Å². The van der Waals surface area contributed by atoms with E-state index in [-0.39, 0.29) is 12.4 Å². The Morgan fingerprint density at radius 2 is 1.91 bits per heavy atom. The summed E-state index contributed by atoms with van der Waals surface area (Å²) in [5, 5.41) is 4.48. The van der Waals surface area contributed by atoms with Gasteiger partial charge in [-0.3, -0.25) is 4.79 Å². The fourth-order valence-electron chi connectivity index (χ4n) is 6.33. The quantitative estimate of drug-likeness (QED) is 0.513. The van der Waals surface area contributed by atoms with E-state index in [2.05, 4.69) is 26.1 Å². The van der Waals surface area contributed by atoms with Crippen LogP contribution in [0.15, 0.2) is 23.0 Å². The molecule has 0 N–H and O–H groups in total. The van der Waals surface area contributed by atoms with Gasteiger partial charge in [-0.2, -0.15) is 0 Å². The van der Waals surface area contributed by atoms with E-state index in [1.807, 2.05) is 6.92 Å². The molecule has 182 valence electrons. The molecule has 1 saturated heterocycles. The average Bonchev–Trinajstić information content (AvgIpc) is 3.73. The van der Waals surface area contributed by atoms with E-state index >= 15 is 0 Å². The first-order chi connectivity index (χ1) is 16.6. The predicted molar refractivity (Wildman–Crippen MR) is 127 cm³/mol. The highest BCUT2D eigenvalue weighted by molar-refractivity contribution is 5.80. The summed E-state index contributed by atoms with van der Waals surface area (Å²) in [5.74, 6) is 5.31. The van der Waals surface area contributed by atoms with Crippen LogP contribution < -0.4 is 4.74 Å². The minimum absolute atomic E-state index is 0.123. The van der Waals surface area contributed by atoms with Crippen molar-refractivity contribution in [2.75, 3.05) is 26.2 Å². The Bertz CT molecular complexity index is 1010. The van der Waals surface area contributed by atoms with Crippen molar-refractivity contribution in [2.24, 2.45) is 17.8 Å². The number of fused-ring (bicyclic) bond motifs is 1. The lowest BCUT2D eigenvalue weighted by molar-refractivity contribution is -0.122. The molecule has 0 radical (unpaired) electrons. The highest BCUT2D eigenvalue weighted by Crippen LogP contribution is 2.59. The fourth-order valence-corrected chi connectivity index (χ4v) is 6.33. The summed E-state index contributed by atoms with van der Waals surface area (Å²) in [5.41, 5.74) is 1.52. The third-order valence-electron chi connectivity index (χ3n) is 8.73. The largest absolute Gasteiger partial charge is 0.483 e. The summed E-state index contributed by atoms with van der Waals surface area (Å²) in [6, 6.07) is 2.27. The van der Waals surface area contributed by atoms with Crippen molar-refractivity contribution in [1.29, 1.82) is 0 Å². The monoisotopic (exact) mass is 464 g/mol. The smallest absolute Gasteiger partial charge is 0.170 e. The summed E-state index contributed by atoms with van der Waals surface area (Å²) >= 11 is 0. The van der Waals surface area contributed by atoms with Crippen LogP contribution in [0.1, 0.15) is 81.0 Å². The van der Waals surface area contributed by atoms with E-state index < -0.39 is 0 Å². The Hall–Kier alpha value is -2.28. The molecule has 0 unspecified atom stereocenters. The standard InChI is InChI=1S/C27H36N4O3/c1-18-28-13-24(14-29-18)33-16-23(32)10-20-4-2-19(3-5-20)8-9-31-15-22-12-27(22,17-31)26-11-25(34-30-26)21-6-7-21/h11,13-14,19-22H,2-10,12,15-17H2,1H3/t19?,20?,22-,27-/m0/s1. The molecule has 4 aliphatic rings. The molecule has 34 heavy (non-hydrogen) atoms. The SMILES string of the molecule is Cc1ncc(OCC(=O)CC2CCC(CCN3C[C@@H]4C[C@]4(c4cc(C5CC5)on4)C3)CC2)cn1. The topological polar surface area (TPSA) is 81.4 Å². The van der Waals surface area contributed by atoms with Crippen LogP contribution in [0.2, 0.25) is 0 Å². The maximum Gasteiger partial charge on any atom is 0.170 e. The minimum atomic E-state index is 0.123. The second-order valence-corrected chi connectivity index (χ2v) is 11.4. The van der Waals surface area contributed by atoms with Crippen LogP contribution in [0.3, 0.4) is 0 Å². The van der Waals surface area contributed by atoms with E-state index in [1.165, 1.54) is 70.2 Å². The van der Waals surface area contributed by atoms with Gasteiger partial charge in [-0.1, -0.05) is 18.0 Å². The lowest BCUT2D eigenvalue weighted by Gasteiger charge is -2.30. The minimum Gasteiger partial charge on any atom is -0.483 e. The summed E-state index contributed by atoms with van der Waals surface area (Å²) < 4.78 is 11.2. The van der Waals surface area contributed by atoms with Crippen molar-refractivity contribution < 1.29 is 14.1 Å². The highest BCUT2D eigenvalue weighted by atomic mass is 16.5. The molecule has 7 nitrogen and oxygen atoms in total. The summed E-state index contributed by atoms with van der Waals surface area (Å²) in [4.78, 5) is 23.2. The molecule has 2 atom stereocenters. The van der Waals surface area contributed by atoms with Gasteiger partial charge in [0.05, 0.1) is 18.1 Å². The van der Waals surface area contributed by atoms with Crippen molar-refractivity contribution in [3.8, 4) is 5.75 Å². The normalized spacial score (nSPS) is 30.8. The van der Waals surface area contributed by atoms with Gasteiger partial charge in [0.2, 0.25) is 0 Å². The highest BCUT2D eigenvalue weighted by Gasteiger charge is 2.62. The van der Waals surface area contributed by atoms with Gasteiger partial charge >= 0.3 is 0 Å². The Labute approximate surface area is 201 Å². The molecule has 3 aliphatic carbocycles. The van der Waals surface area contributed by atoms with Crippen molar-refractivity contribution in [3.63, 3.8) is 0 Å². The van der Waals surface area contributed by atoms with E-state index in [9.17, 15) is 4.79 Å². The van der Waals surface area contributed by atoms with E-state index in [4.69, 9.17) is 9.26 Å². The Balaban J connectivity index is 0.893. The van der Waals surface area contributed by atoms with Gasteiger partial charge in [0.1, 0.15) is 18.2 Å². The summed E-state index contributed by atoms with van der Waals surface area (Å²) in [6.45, 7) is 5.54. The van der Waals surface area contributed by atoms with Crippen LogP contribution in [0.4, 0.5) is 0 Å². The molecule has 2 aromatic rings. The molecule has 4 fully saturated rings.